The lowest BCUT2D eigenvalue weighted by atomic mass is 9.99. The Balaban J connectivity index is 2.65. The summed E-state index contributed by atoms with van der Waals surface area (Å²) in [6, 6.07) is 0. The van der Waals surface area contributed by atoms with Gasteiger partial charge < -0.3 is 35.2 Å². The van der Waals surface area contributed by atoms with Gasteiger partial charge in [0.2, 0.25) is 0 Å². The average Bonchev–Trinajstić information content (AvgIpc) is 2.36. The van der Waals surface area contributed by atoms with E-state index in [2.05, 4.69) is 11.2 Å². The van der Waals surface area contributed by atoms with Crippen molar-refractivity contribution < 1.29 is 34.7 Å². The topological polar surface area (TPSA) is 128 Å². The van der Waals surface area contributed by atoms with Crippen LogP contribution in [0.4, 0.5) is 4.79 Å². The predicted molar refractivity (Wildman–Crippen MR) is 57.1 cm³/mol. The largest absolute Gasteiger partial charge is 0.440 e. The quantitative estimate of drug-likeness (QED) is 0.346. The molecule has 5 atom stereocenters. The summed E-state index contributed by atoms with van der Waals surface area (Å²) >= 11 is 0. The molecule has 5 N–H and O–H groups in total. The number of carbonyl (C=O) groups is 1. The highest BCUT2D eigenvalue weighted by Gasteiger charge is 2.46. The molecule has 0 aromatic rings. The van der Waals surface area contributed by atoms with Crippen LogP contribution in [0.5, 0.6) is 0 Å². The number of amides is 1. The molecule has 1 saturated heterocycles. The Morgan fingerprint density at radius 3 is 2.61 bits per heavy atom. The van der Waals surface area contributed by atoms with Gasteiger partial charge in [-0.2, -0.15) is 0 Å². The number of alkyl carbamates (subject to hydrolysis) is 1. The van der Waals surface area contributed by atoms with Crippen LogP contribution in [0, 0.1) is 12.3 Å². The molecule has 1 fully saturated rings. The van der Waals surface area contributed by atoms with Gasteiger partial charge in [-0.3, -0.25) is 0 Å². The molecule has 0 aliphatic carbocycles. The van der Waals surface area contributed by atoms with E-state index in [1.54, 1.807) is 0 Å². The lowest BCUT2D eigenvalue weighted by Gasteiger charge is -2.39. The molecule has 0 radical (unpaired) electrons. The molecular weight excluding hydrogens is 246 g/mol. The first-order valence-corrected chi connectivity index (χ1v) is 5.19. The van der Waals surface area contributed by atoms with E-state index in [-0.39, 0.29) is 6.54 Å². The van der Waals surface area contributed by atoms with Crippen molar-refractivity contribution in [3.63, 3.8) is 0 Å². The highest BCUT2D eigenvalue weighted by Crippen LogP contribution is 2.22. The first-order chi connectivity index (χ1) is 8.51. The van der Waals surface area contributed by atoms with E-state index < -0.39 is 43.4 Å². The van der Waals surface area contributed by atoms with E-state index in [0.29, 0.717) is 0 Å². The van der Waals surface area contributed by atoms with Gasteiger partial charge >= 0.3 is 6.09 Å². The fraction of sp³-hybridized carbons (Fsp3) is 0.700. The molecule has 18 heavy (non-hydrogen) atoms. The minimum atomic E-state index is -1.67. The minimum absolute atomic E-state index is 0.0831. The maximum Gasteiger partial charge on any atom is 0.408 e. The highest BCUT2D eigenvalue weighted by atomic mass is 16.7. The molecule has 1 heterocycles. The van der Waals surface area contributed by atoms with Gasteiger partial charge in [-0.25, -0.2) is 4.79 Å². The summed E-state index contributed by atoms with van der Waals surface area (Å²) < 4.78 is 9.44. The second-order valence-electron chi connectivity index (χ2n) is 3.66. The van der Waals surface area contributed by atoms with Crippen LogP contribution >= 0.6 is 0 Å². The Hall–Kier alpha value is -1.37. The van der Waals surface area contributed by atoms with Gasteiger partial charge in [-0.1, -0.05) is 5.92 Å². The van der Waals surface area contributed by atoms with E-state index in [4.69, 9.17) is 21.0 Å². The number of aliphatic hydroxyl groups is 4. The summed E-state index contributed by atoms with van der Waals surface area (Å²) in [5, 5.41) is 39.6. The van der Waals surface area contributed by atoms with E-state index in [1.807, 2.05) is 0 Å². The number of hydrogen-bond acceptors (Lipinski definition) is 7. The lowest BCUT2D eigenvalue weighted by Crippen LogP contribution is -2.60. The molecule has 0 aromatic carbocycles. The number of carbonyl (C=O) groups excluding carboxylic acids is 1. The predicted octanol–water partition coefficient (Wildman–Crippen LogP) is -2.85. The lowest BCUT2D eigenvalue weighted by molar-refractivity contribution is -0.285. The van der Waals surface area contributed by atoms with Gasteiger partial charge in [0.25, 0.3) is 0 Å². The molecule has 1 amide bonds. The smallest absolute Gasteiger partial charge is 0.408 e. The van der Waals surface area contributed by atoms with Crippen molar-refractivity contribution in [1.29, 1.82) is 0 Å². The highest BCUT2D eigenvalue weighted by molar-refractivity contribution is 5.67. The average molecular weight is 261 g/mol. The fourth-order valence-corrected chi connectivity index (χ4v) is 1.49. The van der Waals surface area contributed by atoms with Crippen LogP contribution in [0.3, 0.4) is 0 Å². The van der Waals surface area contributed by atoms with Crippen LogP contribution in [0.1, 0.15) is 0 Å². The van der Waals surface area contributed by atoms with Crippen LogP contribution in [0.25, 0.3) is 0 Å². The van der Waals surface area contributed by atoms with Crippen LogP contribution < -0.4 is 5.32 Å². The van der Waals surface area contributed by atoms with Crippen molar-refractivity contribution in [1.82, 2.24) is 5.32 Å². The summed E-state index contributed by atoms with van der Waals surface area (Å²) in [5.74, 6) is 2.14. The van der Waals surface area contributed by atoms with Gasteiger partial charge in [0.15, 0.2) is 12.4 Å². The molecule has 0 bridgehead atoms. The van der Waals surface area contributed by atoms with E-state index in [1.165, 1.54) is 0 Å². The van der Waals surface area contributed by atoms with Crippen LogP contribution in [-0.4, -0.2) is 70.4 Å². The standard InChI is InChI=1S/C10H15NO7/c1-2-3-11-10(16)18-8-6(13)5(4-12)17-9(15)7(8)14/h1,5-9,12-15H,3-4H2,(H,11,16)/t5?,6-,7?,8+,9+/m1/s1. The van der Waals surface area contributed by atoms with E-state index in [9.17, 15) is 20.1 Å². The number of terminal acetylenes is 1. The molecule has 0 saturated carbocycles. The Morgan fingerprint density at radius 1 is 1.39 bits per heavy atom. The van der Waals surface area contributed by atoms with Crippen molar-refractivity contribution in [2.75, 3.05) is 13.2 Å². The van der Waals surface area contributed by atoms with Crippen molar-refractivity contribution in [3.8, 4) is 12.3 Å². The monoisotopic (exact) mass is 261 g/mol. The second-order valence-corrected chi connectivity index (χ2v) is 3.66. The first kappa shape index (κ1) is 14.7. The third-order valence-electron chi connectivity index (χ3n) is 2.42. The van der Waals surface area contributed by atoms with E-state index in [0.717, 1.165) is 0 Å². The SMILES string of the molecule is C#CCNC(=O)O[C@@H]1C(O)[C@@H](O)OC(CO)[C@H]1O. The zero-order valence-electron chi connectivity index (χ0n) is 9.39. The molecule has 1 rings (SSSR count). The summed E-state index contributed by atoms with van der Waals surface area (Å²) in [4.78, 5) is 11.2. The van der Waals surface area contributed by atoms with Crippen molar-refractivity contribution in [2.24, 2.45) is 0 Å². The fourth-order valence-electron chi connectivity index (χ4n) is 1.49. The number of hydrogen-bond donors (Lipinski definition) is 5. The summed E-state index contributed by atoms with van der Waals surface area (Å²) in [6.07, 6.45) is -3.39. The third kappa shape index (κ3) is 3.32. The number of rotatable bonds is 3. The maximum absolute atomic E-state index is 11.2. The summed E-state index contributed by atoms with van der Waals surface area (Å²) in [5.41, 5.74) is 0. The Kier molecular flexibility index (Phi) is 5.33. The summed E-state index contributed by atoms with van der Waals surface area (Å²) in [6.45, 7) is -0.684. The number of aliphatic hydroxyl groups excluding tert-OH is 4. The molecule has 8 nitrogen and oxygen atoms in total. The Bertz CT molecular complexity index is 329. The Morgan fingerprint density at radius 2 is 2.06 bits per heavy atom. The van der Waals surface area contributed by atoms with Crippen molar-refractivity contribution in [2.45, 2.75) is 30.7 Å². The zero-order chi connectivity index (χ0) is 13.7. The van der Waals surface area contributed by atoms with Gasteiger partial charge in [0.1, 0.15) is 18.3 Å². The van der Waals surface area contributed by atoms with E-state index >= 15 is 0 Å². The molecule has 0 aromatic heterocycles. The maximum atomic E-state index is 11.2. The third-order valence-corrected chi connectivity index (χ3v) is 2.42. The molecule has 0 spiro atoms. The molecule has 1 aliphatic rings. The molecular formula is C10H15NO7. The van der Waals surface area contributed by atoms with Crippen molar-refractivity contribution >= 4 is 6.09 Å². The molecule has 2 unspecified atom stereocenters. The zero-order valence-corrected chi connectivity index (χ0v) is 9.39. The normalized spacial score (nSPS) is 35.6. The van der Waals surface area contributed by atoms with Gasteiger partial charge in [0.05, 0.1) is 13.2 Å². The van der Waals surface area contributed by atoms with Gasteiger partial charge in [-0.05, 0) is 0 Å². The number of nitrogens with one attached hydrogen (secondary N) is 1. The minimum Gasteiger partial charge on any atom is -0.440 e. The Labute approximate surface area is 103 Å². The van der Waals surface area contributed by atoms with Crippen LogP contribution in [0.15, 0.2) is 0 Å². The molecule has 1 aliphatic heterocycles. The second kappa shape index (κ2) is 6.53. The first-order valence-electron chi connectivity index (χ1n) is 5.19. The van der Waals surface area contributed by atoms with Crippen molar-refractivity contribution in [3.05, 3.63) is 0 Å². The summed E-state index contributed by atoms with van der Waals surface area (Å²) in [7, 11) is 0. The number of ether oxygens (including phenoxy) is 2. The van der Waals surface area contributed by atoms with Crippen LogP contribution in [0.2, 0.25) is 0 Å². The molecule has 102 valence electrons. The van der Waals surface area contributed by atoms with Gasteiger partial charge in [-0.15, -0.1) is 6.42 Å². The van der Waals surface area contributed by atoms with Gasteiger partial charge in [0, 0.05) is 0 Å². The van der Waals surface area contributed by atoms with Crippen LogP contribution in [-0.2, 0) is 9.47 Å². The molecule has 8 heteroatoms.